The zero-order chi connectivity index (χ0) is 14.8. The molecule has 0 saturated carbocycles. The van der Waals surface area contributed by atoms with Gasteiger partial charge in [-0.05, 0) is 19.3 Å². The van der Waals surface area contributed by atoms with Crippen molar-refractivity contribution in [3.05, 3.63) is 0 Å². The third kappa shape index (κ3) is 3.14. The summed E-state index contributed by atoms with van der Waals surface area (Å²) >= 11 is 0. The van der Waals surface area contributed by atoms with Gasteiger partial charge in [-0.3, -0.25) is 19.8 Å². The van der Waals surface area contributed by atoms with Gasteiger partial charge in [-0.25, -0.2) is 0 Å². The fourth-order valence-electron chi connectivity index (χ4n) is 3.13. The fourth-order valence-corrected chi connectivity index (χ4v) is 3.13. The molecule has 0 radical (unpaired) electrons. The molecule has 3 fully saturated rings. The number of nitrogens with one attached hydrogen (secondary N) is 1. The second-order valence-electron chi connectivity index (χ2n) is 5.86. The number of hydrogen-bond acceptors (Lipinski definition) is 6. The SMILES string of the molecule is O=CC1CCN(C2COC(C3CCC(=O)NC3=O)O2)CC1. The summed E-state index contributed by atoms with van der Waals surface area (Å²) in [5.74, 6) is -0.812. The van der Waals surface area contributed by atoms with E-state index < -0.39 is 12.2 Å². The van der Waals surface area contributed by atoms with Gasteiger partial charge in [0.1, 0.15) is 12.5 Å². The molecule has 3 atom stereocenters. The quantitative estimate of drug-likeness (QED) is 0.566. The van der Waals surface area contributed by atoms with Crippen LogP contribution in [-0.4, -0.2) is 55.2 Å². The van der Waals surface area contributed by atoms with Crippen LogP contribution in [0.1, 0.15) is 25.7 Å². The Morgan fingerprint density at radius 1 is 1.19 bits per heavy atom. The van der Waals surface area contributed by atoms with Crippen molar-refractivity contribution in [3.8, 4) is 0 Å². The highest BCUT2D eigenvalue weighted by molar-refractivity contribution is 5.98. The van der Waals surface area contributed by atoms with E-state index in [-0.39, 0.29) is 24.0 Å². The average molecular weight is 296 g/mol. The van der Waals surface area contributed by atoms with E-state index in [4.69, 9.17) is 9.47 Å². The first-order valence-electron chi connectivity index (χ1n) is 7.47. The molecule has 21 heavy (non-hydrogen) atoms. The van der Waals surface area contributed by atoms with Gasteiger partial charge < -0.3 is 14.3 Å². The number of hydrogen-bond donors (Lipinski definition) is 1. The standard InChI is InChI=1S/C14H20N2O5/c17-7-9-3-5-16(6-4-9)12-8-20-14(21-12)10-1-2-11(18)15-13(10)19/h7,9-10,12,14H,1-6,8H2,(H,15,18,19). The maximum atomic E-state index is 11.8. The zero-order valence-corrected chi connectivity index (χ0v) is 11.8. The van der Waals surface area contributed by atoms with E-state index >= 15 is 0 Å². The fraction of sp³-hybridized carbons (Fsp3) is 0.786. The highest BCUT2D eigenvalue weighted by Crippen LogP contribution is 2.28. The normalized spacial score (nSPS) is 35.7. The van der Waals surface area contributed by atoms with Crippen molar-refractivity contribution in [2.45, 2.75) is 38.2 Å². The second-order valence-corrected chi connectivity index (χ2v) is 5.86. The first kappa shape index (κ1) is 14.6. The largest absolute Gasteiger partial charge is 0.348 e. The summed E-state index contributed by atoms with van der Waals surface area (Å²) in [6.45, 7) is 2.03. The summed E-state index contributed by atoms with van der Waals surface area (Å²) in [7, 11) is 0. The van der Waals surface area contributed by atoms with Crippen LogP contribution in [0, 0.1) is 11.8 Å². The Bertz CT molecular complexity index is 433. The average Bonchev–Trinajstić information content (AvgIpc) is 2.97. The molecule has 2 amide bonds. The summed E-state index contributed by atoms with van der Waals surface area (Å²) in [5, 5.41) is 2.32. The number of carbonyl (C=O) groups excluding carboxylic acids is 3. The molecule has 116 valence electrons. The lowest BCUT2D eigenvalue weighted by molar-refractivity contribution is -0.158. The molecule has 3 aliphatic rings. The minimum Gasteiger partial charge on any atom is -0.348 e. The van der Waals surface area contributed by atoms with Gasteiger partial charge in [0.15, 0.2) is 6.29 Å². The molecule has 0 aromatic rings. The van der Waals surface area contributed by atoms with Gasteiger partial charge >= 0.3 is 0 Å². The molecule has 0 aliphatic carbocycles. The Labute approximate surface area is 122 Å². The molecule has 0 bridgehead atoms. The Balaban J connectivity index is 1.52. The number of aldehydes is 1. The lowest BCUT2D eigenvalue weighted by Gasteiger charge is -2.33. The Kier molecular flexibility index (Phi) is 4.32. The molecule has 3 unspecified atom stereocenters. The van der Waals surface area contributed by atoms with E-state index in [9.17, 15) is 14.4 Å². The second kappa shape index (κ2) is 6.21. The van der Waals surface area contributed by atoms with E-state index in [0.717, 1.165) is 32.2 Å². The van der Waals surface area contributed by atoms with Crippen LogP contribution in [0.25, 0.3) is 0 Å². The van der Waals surface area contributed by atoms with Crippen LogP contribution in [0.3, 0.4) is 0 Å². The van der Waals surface area contributed by atoms with Crippen LogP contribution in [-0.2, 0) is 23.9 Å². The number of imide groups is 1. The minimum absolute atomic E-state index is 0.148. The third-order valence-corrected chi connectivity index (χ3v) is 4.48. The van der Waals surface area contributed by atoms with Gasteiger partial charge in [0, 0.05) is 25.4 Å². The predicted octanol–water partition coefficient (Wildman–Crippen LogP) is -0.351. The molecule has 7 heteroatoms. The summed E-state index contributed by atoms with van der Waals surface area (Å²) in [6.07, 6.45) is 2.76. The number of rotatable bonds is 3. The van der Waals surface area contributed by atoms with E-state index in [1.165, 1.54) is 0 Å². The first-order chi connectivity index (χ1) is 10.2. The van der Waals surface area contributed by atoms with Gasteiger partial charge in [-0.1, -0.05) is 0 Å². The van der Waals surface area contributed by atoms with Gasteiger partial charge in [-0.15, -0.1) is 0 Å². The van der Waals surface area contributed by atoms with Crippen molar-refractivity contribution in [3.63, 3.8) is 0 Å². The molecular weight excluding hydrogens is 276 g/mol. The maximum absolute atomic E-state index is 11.8. The van der Waals surface area contributed by atoms with Gasteiger partial charge in [-0.2, -0.15) is 0 Å². The Morgan fingerprint density at radius 2 is 1.95 bits per heavy atom. The monoisotopic (exact) mass is 296 g/mol. The van der Waals surface area contributed by atoms with Crippen molar-refractivity contribution in [1.82, 2.24) is 10.2 Å². The summed E-state index contributed by atoms with van der Waals surface area (Å²) in [4.78, 5) is 35.9. The predicted molar refractivity (Wildman–Crippen MR) is 70.8 cm³/mol. The maximum Gasteiger partial charge on any atom is 0.234 e. The lowest BCUT2D eigenvalue weighted by atomic mass is 9.97. The summed E-state index contributed by atoms with van der Waals surface area (Å²) < 4.78 is 11.5. The van der Waals surface area contributed by atoms with Gasteiger partial charge in [0.2, 0.25) is 11.8 Å². The van der Waals surface area contributed by atoms with Gasteiger partial charge in [0.05, 0.1) is 12.5 Å². The number of carbonyl (C=O) groups is 3. The van der Waals surface area contributed by atoms with Crippen LogP contribution in [0.4, 0.5) is 0 Å². The number of piperidine rings is 2. The number of likely N-dealkylation sites (tertiary alicyclic amines) is 1. The number of amides is 2. The minimum atomic E-state index is -0.577. The molecule has 3 saturated heterocycles. The molecule has 1 N–H and O–H groups in total. The first-order valence-corrected chi connectivity index (χ1v) is 7.47. The van der Waals surface area contributed by atoms with E-state index in [2.05, 4.69) is 10.2 Å². The van der Waals surface area contributed by atoms with Crippen molar-refractivity contribution >= 4 is 18.1 Å². The van der Waals surface area contributed by atoms with Crippen LogP contribution in [0.2, 0.25) is 0 Å². The molecule has 0 spiro atoms. The molecule has 3 aliphatic heterocycles. The smallest absolute Gasteiger partial charge is 0.234 e. The molecule has 0 aromatic heterocycles. The molecular formula is C14H20N2O5. The van der Waals surface area contributed by atoms with Crippen LogP contribution in [0.5, 0.6) is 0 Å². The molecule has 7 nitrogen and oxygen atoms in total. The van der Waals surface area contributed by atoms with E-state index in [0.29, 0.717) is 19.4 Å². The third-order valence-electron chi connectivity index (χ3n) is 4.48. The van der Waals surface area contributed by atoms with Crippen LogP contribution >= 0.6 is 0 Å². The molecule has 3 heterocycles. The lowest BCUT2D eigenvalue weighted by Crippen LogP contribution is -2.47. The Hall–Kier alpha value is -1.31. The number of ether oxygens (including phenoxy) is 2. The summed E-state index contributed by atoms with van der Waals surface area (Å²) in [6, 6.07) is 0. The van der Waals surface area contributed by atoms with E-state index in [1.807, 2.05) is 0 Å². The van der Waals surface area contributed by atoms with Crippen molar-refractivity contribution in [2.75, 3.05) is 19.7 Å². The van der Waals surface area contributed by atoms with Crippen molar-refractivity contribution in [2.24, 2.45) is 11.8 Å². The molecule has 0 aromatic carbocycles. The van der Waals surface area contributed by atoms with Gasteiger partial charge in [0.25, 0.3) is 0 Å². The Morgan fingerprint density at radius 3 is 2.62 bits per heavy atom. The topological polar surface area (TPSA) is 84.9 Å². The highest BCUT2D eigenvalue weighted by Gasteiger charge is 2.41. The van der Waals surface area contributed by atoms with Crippen LogP contribution in [0.15, 0.2) is 0 Å². The zero-order valence-electron chi connectivity index (χ0n) is 11.8. The number of nitrogens with zero attached hydrogens (tertiary/aromatic N) is 1. The van der Waals surface area contributed by atoms with Crippen molar-refractivity contribution < 1.29 is 23.9 Å². The van der Waals surface area contributed by atoms with E-state index in [1.54, 1.807) is 0 Å². The van der Waals surface area contributed by atoms with Crippen LogP contribution < -0.4 is 5.32 Å². The summed E-state index contributed by atoms with van der Waals surface area (Å²) in [5.41, 5.74) is 0. The molecule has 3 rings (SSSR count). The van der Waals surface area contributed by atoms with Crippen molar-refractivity contribution in [1.29, 1.82) is 0 Å². The highest BCUT2D eigenvalue weighted by atomic mass is 16.7.